The number of hydrazine groups is 1. The number of hydrogen-bond acceptors (Lipinski definition) is 4. The van der Waals surface area contributed by atoms with Crippen molar-refractivity contribution in [2.75, 3.05) is 12.5 Å². The molecule has 0 aliphatic carbocycles. The minimum atomic E-state index is -3.54. The van der Waals surface area contributed by atoms with Crippen molar-refractivity contribution in [1.29, 1.82) is 0 Å². The van der Waals surface area contributed by atoms with Gasteiger partial charge in [-0.1, -0.05) is 20.8 Å². The second kappa shape index (κ2) is 5.94. The molecular weight excluding hydrogens is 286 g/mol. The largest absolute Gasteiger partial charge is 0.324 e. The summed E-state index contributed by atoms with van der Waals surface area (Å²) in [6.45, 7) is 11.6. The van der Waals surface area contributed by atoms with Gasteiger partial charge in [-0.2, -0.15) is 4.31 Å². The second-order valence-electron chi connectivity index (χ2n) is 6.65. The van der Waals surface area contributed by atoms with Crippen molar-refractivity contribution in [2.45, 2.75) is 52.5 Å². The van der Waals surface area contributed by atoms with Crippen molar-refractivity contribution in [3.8, 4) is 0 Å². The smallest absolute Gasteiger partial charge is 0.243 e. The van der Waals surface area contributed by atoms with Crippen LogP contribution in [0, 0.1) is 19.3 Å². The van der Waals surface area contributed by atoms with E-state index in [0.717, 1.165) is 0 Å². The fourth-order valence-corrected chi connectivity index (χ4v) is 4.29. The van der Waals surface area contributed by atoms with Crippen molar-refractivity contribution in [3.63, 3.8) is 0 Å². The third kappa shape index (κ3) is 3.56. The molecule has 0 aromatic heterocycles. The summed E-state index contributed by atoms with van der Waals surface area (Å²) < 4.78 is 27.3. The summed E-state index contributed by atoms with van der Waals surface area (Å²) in [7, 11) is -1.90. The first kappa shape index (κ1) is 17.9. The van der Waals surface area contributed by atoms with Crippen LogP contribution in [0.15, 0.2) is 17.0 Å². The van der Waals surface area contributed by atoms with Gasteiger partial charge in [-0.15, -0.1) is 0 Å². The van der Waals surface area contributed by atoms with E-state index in [-0.39, 0.29) is 11.5 Å². The highest BCUT2D eigenvalue weighted by molar-refractivity contribution is 7.89. The lowest BCUT2D eigenvalue weighted by Gasteiger charge is -2.35. The molecule has 1 unspecified atom stereocenters. The molecule has 0 aliphatic rings. The molecule has 0 bridgehead atoms. The van der Waals surface area contributed by atoms with Crippen molar-refractivity contribution >= 4 is 15.7 Å². The van der Waals surface area contributed by atoms with Gasteiger partial charge in [-0.25, -0.2) is 8.42 Å². The molecule has 1 aromatic rings. The predicted octanol–water partition coefficient (Wildman–Crippen LogP) is 2.64. The number of aryl methyl sites for hydroxylation is 2. The first-order valence-electron chi connectivity index (χ1n) is 6.98. The van der Waals surface area contributed by atoms with Crippen LogP contribution in [0.4, 0.5) is 5.69 Å². The Bertz CT molecular complexity index is 595. The lowest BCUT2D eigenvalue weighted by Crippen LogP contribution is -2.43. The number of nitrogens with one attached hydrogen (secondary N) is 1. The number of nitrogens with zero attached hydrogens (tertiary/aromatic N) is 1. The predicted molar refractivity (Wildman–Crippen MR) is 87.6 cm³/mol. The van der Waals surface area contributed by atoms with Crippen LogP contribution in [0.1, 0.15) is 38.8 Å². The van der Waals surface area contributed by atoms with Crippen LogP contribution in [0.2, 0.25) is 0 Å². The lowest BCUT2D eigenvalue weighted by atomic mass is 9.88. The molecule has 0 saturated heterocycles. The third-order valence-electron chi connectivity index (χ3n) is 4.06. The van der Waals surface area contributed by atoms with Crippen molar-refractivity contribution in [1.82, 2.24) is 4.31 Å². The number of rotatable bonds is 4. The normalized spacial score (nSPS) is 14.3. The van der Waals surface area contributed by atoms with E-state index in [1.165, 1.54) is 4.31 Å². The van der Waals surface area contributed by atoms with Crippen LogP contribution in [0.5, 0.6) is 0 Å². The molecule has 1 rings (SSSR count). The van der Waals surface area contributed by atoms with Gasteiger partial charge in [0.05, 0.1) is 4.90 Å². The highest BCUT2D eigenvalue weighted by Crippen LogP contribution is 2.31. The van der Waals surface area contributed by atoms with E-state index in [1.54, 1.807) is 33.0 Å². The van der Waals surface area contributed by atoms with Crippen molar-refractivity contribution < 1.29 is 8.42 Å². The van der Waals surface area contributed by atoms with Gasteiger partial charge in [0, 0.05) is 18.8 Å². The standard InChI is InChI=1S/C15H27N3O2S/c1-10-8-13(17-16)9-11(2)14(10)21(19,20)18(7)12(3)15(4,5)6/h8-9,12,17H,16H2,1-7H3. The first-order valence-corrected chi connectivity index (χ1v) is 8.42. The highest BCUT2D eigenvalue weighted by atomic mass is 32.2. The Morgan fingerprint density at radius 3 is 1.95 bits per heavy atom. The topological polar surface area (TPSA) is 75.4 Å². The van der Waals surface area contributed by atoms with Gasteiger partial charge in [0.25, 0.3) is 0 Å². The molecule has 0 saturated carbocycles. The Hall–Kier alpha value is -1.11. The number of sulfonamides is 1. The van der Waals surface area contributed by atoms with Gasteiger partial charge in [-0.05, 0) is 49.4 Å². The number of nitrogen functional groups attached to an aromatic ring is 1. The third-order valence-corrected chi connectivity index (χ3v) is 6.30. The highest BCUT2D eigenvalue weighted by Gasteiger charge is 2.34. The molecule has 3 N–H and O–H groups in total. The van der Waals surface area contributed by atoms with Gasteiger partial charge >= 0.3 is 0 Å². The second-order valence-corrected chi connectivity index (χ2v) is 8.58. The zero-order valence-corrected chi connectivity index (χ0v) is 14.8. The molecule has 0 heterocycles. The van der Waals surface area contributed by atoms with E-state index in [9.17, 15) is 8.42 Å². The van der Waals surface area contributed by atoms with Crippen LogP contribution in [0.3, 0.4) is 0 Å². The summed E-state index contributed by atoms with van der Waals surface area (Å²) >= 11 is 0. The Balaban J connectivity index is 3.39. The number of anilines is 1. The van der Waals surface area contributed by atoms with E-state index in [4.69, 9.17) is 5.84 Å². The van der Waals surface area contributed by atoms with Crippen molar-refractivity contribution in [3.05, 3.63) is 23.3 Å². The van der Waals surface area contributed by atoms with E-state index >= 15 is 0 Å². The Kier molecular flexibility index (Phi) is 5.08. The molecule has 0 aliphatic heterocycles. The molecule has 1 aromatic carbocycles. The summed E-state index contributed by atoms with van der Waals surface area (Å²) in [6, 6.07) is 3.37. The summed E-state index contributed by atoms with van der Waals surface area (Å²) in [4.78, 5) is 0.361. The van der Waals surface area contributed by atoms with Crippen LogP contribution in [-0.2, 0) is 10.0 Å². The number of nitrogens with two attached hydrogens (primary N) is 1. The van der Waals surface area contributed by atoms with E-state index < -0.39 is 10.0 Å². The zero-order valence-electron chi connectivity index (χ0n) is 14.0. The number of hydrogen-bond donors (Lipinski definition) is 2. The molecule has 1 atom stereocenters. The quantitative estimate of drug-likeness (QED) is 0.662. The van der Waals surface area contributed by atoms with Crippen molar-refractivity contribution in [2.24, 2.45) is 11.3 Å². The average Bonchev–Trinajstić information content (AvgIpc) is 2.34. The maximum absolute atomic E-state index is 12.9. The van der Waals surface area contributed by atoms with E-state index in [1.807, 2.05) is 27.7 Å². The van der Waals surface area contributed by atoms with E-state index in [0.29, 0.717) is 21.7 Å². The Morgan fingerprint density at radius 2 is 1.62 bits per heavy atom. The Labute approximate surface area is 128 Å². The SMILES string of the molecule is Cc1cc(NN)cc(C)c1S(=O)(=O)N(C)C(C)C(C)(C)C. The molecule has 0 fully saturated rings. The lowest BCUT2D eigenvalue weighted by molar-refractivity contribution is 0.216. The van der Waals surface area contributed by atoms with Gasteiger partial charge in [0.15, 0.2) is 0 Å². The first-order chi connectivity index (χ1) is 9.42. The van der Waals surface area contributed by atoms with Gasteiger partial charge in [0.2, 0.25) is 10.0 Å². The van der Waals surface area contributed by atoms with Crippen LogP contribution >= 0.6 is 0 Å². The maximum atomic E-state index is 12.9. The fourth-order valence-electron chi connectivity index (χ4n) is 2.34. The van der Waals surface area contributed by atoms with Crippen LogP contribution in [0.25, 0.3) is 0 Å². The van der Waals surface area contributed by atoms with Crippen LogP contribution < -0.4 is 11.3 Å². The molecule has 120 valence electrons. The summed E-state index contributed by atoms with van der Waals surface area (Å²) in [6.07, 6.45) is 0. The summed E-state index contributed by atoms with van der Waals surface area (Å²) in [5, 5.41) is 0. The fraction of sp³-hybridized carbons (Fsp3) is 0.600. The zero-order chi connectivity index (χ0) is 16.6. The van der Waals surface area contributed by atoms with E-state index in [2.05, 4.69) is 5.43 Å². The molecule has 6 heteroatoms. The minimum Gasteiger partial charge on any atom is -0.324 e. The summed E-state index contributed by atoms with van der Waals surface area (Å²) in [5.74, 6) is 5.40. The van der Waals surface area contributed by atoms with Gasteiger partial charge in [-0.3, -0.25) is 5.84 Å². The average molecular weight is 313 g/mol. The van der Waals surface area contributed by atoms with Gasteiger partial charge < -0.3 is 5.43 Å². The molecule has 5 nitrogen and oxygen atoms in total. The van der Waals surface area contributed by atoms with Crippen LogP contribution in [-0.4, -0.2) is 25.8 Å². The maximum Gasteiger partial charge on any atom is 0.243 e. The molecule has 0 radical (unpaired) electrons. The molecular formula is C15H27N3O2S. The minimum absolute atomic E-state index is 0.117. The Morgan fingerprint density at radius 1 is 1.19 bits per heavy atom. The van der Waals surface area contributed by atoms with Gasteiger partial charge in [0.1, 0.15) is 0 Å². The monoisotopic (exact) mass is 313 g/mol. The molecule has 0 spiro atoms. The molecule has 0 amide bonds. The number of benzene rings is 1. The summed E-state index contributed by atoms with van der Waals surface area (Å²) in [5.41, 5.74) is 4.50. The molecule has 21 heavy (non-hydrogen) atoms.